The lowest BCUT2D eigenvalue weighted by molar-refractivity contribution is -0.137. The molecule has 7 nitrogen and oxygen atoms in total. The number of alkyl halides is 3. The predicted molar refractivity (Wildman–Crippen MR) is 124 cm³/mol. The standard InChI is InChI=1S/C22H23ClF3N7/c1-2-32-8-10-33(11-9-32)17-6-7-19(27-13-17)30-21-28-14-18(23)20(31-21)29-16-5-3-4-15(12-16)22(24,25)26/h3-7,12-14H,2,8-11H2,1H3,(H2,27,28,29,30,31). The molecular formula is C22H23ClF3N7. The normalized spacial score (nSPS) is 14.9. The molecule has 1 aliphatic heterocycles. The number of benzene rings is 1. The molecule has 174 valence electrons. The first-order valence-corrected chi connectivity index (χ1v) is 10.9. The number of nitrogens with one attached hydrogen (secondary N) is 2. The highest BCUT2D eigenvalue weighted by Crippen LogP contribution is 2.32. The quantitative estimate of drug-likeness (QED) is 0.507. The fourth-order valence-corrected chi connectivity index (χ4v) is 3.65. The van der Waals surface area contributed by atoms with Crippen molar-refractivity contribution in [1.29, 1.82) is 0 Å². The van der Waals surface area contributed by atoms with Gasteiger partial charge >= 0.3 is 6.18 Å². The van der Waals surface area contributed by atoms with Crippen molar-refractivity contribution in [3.05, 3.63) is 59.4 Å². The second-order valence-corrected chi connectivity index (χ2v) is 7.95. The van der Waals surface area contributed by atoms with Gasteiger partial charge in [-0.2, -0.15) is 18.2 Å². The topological polar surface area (TPSA) is 69.2 Å². The summed E-state index contributed by atoms with van der Waals surface area (Å²) in [6.07, 6.45) is -1.28. The molecular weight excluding hydrogens is 455 g/mol. The summed E-state index contributed by atoms with van der Waals surface area (Å²) in [5.74, 6) is 0.933. The van der Waals surface area contributed by atoms with Gasteiger partial charge in [0.05, 0.1) is 23.6 Å². The third-order valence-corrected chi connectivity index (χ3v) is 5.65. The Bertz CT molecular complexity index is 1080. The largest absolute Gasteiger partial charge is 0.416 e. The van der Waals surface area contributed by atoms with Crippen LogP contribution in [0.15, 0.2) is 48.8 Å². The number of halogens is 4. The van der Waals surface area contributed by atoms with Crippen molar-refractivity contribution in [3.63, 3.8) is 0 Å². The lowest BCUT2D eigenvalue weighted by atomic mass is 10.2. The van der Waals surface area contributed by atoms with Crippen molar-refractivity contribution < 1.29 is 13.2 Å². The minimum Gasteiger partial charge on any atom is -0.368 e. The minimum absolute atomic E-state index is 0.174. The lowest BCUT2D eigenvalue weighted by Gasteiger charge is -2.35. The summed E-state index contributed by atoms with van der Waals surface area (Å²) in [5.41, 5.74) is 0.485. The van der Waals surface area contributed by atoms with E-state index in [4.69, 9.17) is 11.6 Å². The van der Waals surface area contributed by atoms with Crippen LogP contribution < -0.4 is 15.5 Å². The van der Waals surface area contributed by atoms with Crippen LogP contribution in [0.2, 0.25) is 5.02 Å². The number of hydrogen-bond acceptors (Lipinski definition) is 7. The third-order valence-electron chi connectivity index (χ3n) is 5.37. The molecule has 0 amide bonds. The first-order chi connectivity index (χ1) is 15.8. The van der Waals surface area contributed by atoms with Crippen LogP contribution in [-0.4, -0.2) is 52.6 Å². The van der Waals surface area contributed by atoms with Crippen LogP contribution >= 0.6 is 11.6 Å². The van der Waals surface area contributed by atoms with Gasteiger partial charge in [0, 0.05) is 31.9 Å². The first-order valence-electron chi connectivity index (χ1n) is 10.5. The summed E-state index contributed by atoms with van der Waals surface area (Å²) in [6, 6.07) is 8.62. The Kier molecular flexibility index (Phi) is 6.85. The van der Waals surface area contributed by atoms with Gasteiger partial charge in [-0.25, -0.2) is 9.97 Å². The summed E-state index contributed by atoms with van der Waals surface area (Å²) in [6.45, 7) is 7.17. The molecule has 3 heterocycles. The van der Waals surface area contributed by atoms with Gasteiger partial charge in [0.2, 0.25) is 5.95 Å². The molecule has 1 fully saturated rings. The molecule has 0 aliphatic carbocycles. The van der Waals surface area contributed by atoms with E-state index in [1.807, 2.05) is 12.1 Å². The SMILES string of the molecule is CCN1CCN(c2ccc(Nc3ncc(Cl)c(Nc4cccc(C(F)(F)F)c4)n3)nc2)CC1. The number of rotatable bonds is 6. The highest BCUT2D eigenvalue weighted by atomic mass is 35.5. The maximum Gasteiger partial charge on any atom is 0.416 e. The van der Waals surface area contributed by atoms with E-state index < -0.39 is 11.7 Å². The first kappa shape index (κ1) is 23.1. The van der Waals surface area contributed by atoms with Gasteiger partial charge in [-0.05, 0) is 36.9 Å². The average molecular weight is 478 g/mol. The molecule has 0 radical (unpaired) electrons. The predicted octanol–water partition coefficient (Wildman–Crippen LogP) is 5.17. The van der Waals surface area contributed by atoms with Crippen molar-refractivity contribution >= 4 is 40.6 Å². The van der Waals surface area contributed by atoms with E-state index in [2.05, 4.69) is 42.3 Å². The Balaban J connectivity index is 1.44. The number of anilines is 5. The van der Waals surface area contributed by atoms with Crippen LogP contribution in [0.4, 0.5) is 42.1 Å². The van der Waals surface area contributed by atoms with Crippen LogP contribution in [-0.2, 0) is 6.18 Å². The molecule has 1 saturated heterocycles. The Hall–Kier alpha value is -3.11. The zero-order valence-corrected chi connectivity index (χ0v) is 18.7. The highest BCUT2D eigenvalue weighted by molar-refractivity contribution is 6.32. The van der Waals surface area contributed by atoms with Crippen molar-refractivity contribution in [2.45, 2.75) is 13.1 Å². The Morgan fingerprint density at radius 2 is 1.79 bits per heavy atom. The van der Waals surface area contributed by atoms with Crippen LogP contribution in [0.25, 0.3) is 0 Å². The summed E-state index contributed by atoms with van der Waals surface area (Å²) in [5, 5.41) is 5.99. The molecule has 33 heavy (non-hydrogen) atoms. The van der Waals surface area contributed by atoms with E-state index in [-0.39, 0.29) is 22.5 Å². The highest BCUT2D eigenvalue weighted by Gasteiger charge is 2.30. The number of piperazine rings is 1. The molecule has 3 aromatic rings. The van der Waals surface area contributed by atoms with E-state index in [0.29, 0.717) is 5.82 Å². The second kappa shape index (κ2) is 9.80. The number of likely N-dealkylation sites (N-methyl/N-ethyl adjacent to an activating group) is 1. The third kappa shape index (κ3) is 5.82. The number of pyridine rings is 1. The van der Waals surface area contributed by atoms with Crippen LogP contribution in [0.3, 0.4) is 0 Å². The minimum atomic E-state index is -4.44. The molecule has 2 aromatic heterocycles. The monoisotopic (exact) mass is 477 g/mol. The summed E-state index contributed by atoms with van der Waals surface area (Å²) in [4.78, 5) is 17.5. The van der Waals surface area contributed by atoms with E-state index in [1.165, 1.54) is 18.3 Å². The Morgan fingerprint density at radius 3 is 2.45 bits per heavy atom. The van der Waals surface area contributed by atoms with Gasteiger partial charge in [-0.15, -0.1) is 0 Å². The maximum atomic E-state index is 13.0. The fourth-order valence-electron chi connectivity index (χ4n) is 3.51. The zero-order valence-electron chi connectivity index (χ0n) is 17.9. The van der Waals surface area contributed by atoms with Crippen LogP contribution in [0.1, 0.15) is 12.5 Å². The van der Waals surface area contributed by atoms with E-state index in [1.54, 1.807) is 6.20 Å². The number of hydrogen-bond donors (Lipinski definition) is 2. The molecule has 11 heteroatoms. The van der Waals surface area contributed by atoms with Crippen molar-refractivity contribution in [2.75, 3.05) is 48.3 Å². The molecule has 0 unspecified atom stereocenters. The second-order valence-electron chi connectivity index (χ2n) is 7.54. The van der Waals surface area contributed by atoms with E-state index in [9.17, 15) is 13.2 Å². The molecule has 4 rings (SSSR count). The average Bonchev–Trinajstić information content (AvgIpc) is 2.81. The number of nitrogens with zero attached hydrogens (tertiary/aromatic N) is 5. The van der Waals surface area contributed by atoms with Gasteiger partial charge in [-0.3, -0.25) is 0 Å². The molecule has 0 saturated carbocycles. The van der Waals surface area contributed by atoms with Crippen molar-refractivity contribution in [2.24, 2.45) is 0 Å². The van der Waals surface area contributed by atoms with Crippen molar-refractivity contribution in [1.82, 2.24) is 19.9 Å². The van der Waals surface area contributed by atoms with Crippen LogP contribution in [0, 0.1) is 0 Å². The zero-order chi connectivity index (χ0) is 23.4. The molecule has 1 aliphatic rings. The molecule has 0 spiro atoms. The smallest absolute Gasteiger partial charge is 0.368 e. The van der Waals surface area contributed by atoms with Gasteiger partial charge < -0.3 is 20.4 Å². The molecule has 2 N–H and O–H groups in total. The van der Waals surface area contributed by atoms with Crippen molar-refractivity contribution in [3.8, 4) is 0 Å². The fraction of sp³-hybridized carbons (Fsp3) is 0.318. The van der Waals surface area contributed by atoms with Gasteiger partial charge in [0.1, 0.15) is 10.8 Å². The Morgan fingerprint density at radius 1 is 1.00 bits per heavy atom. The van der Waals surface area contributed by atoms with Gasteiger partial charge in [-0.1, -0.05) is 24.6 Å². The van der Waals surface area contributed by atoms with Crippen LogP contribution in [0.5, 0.6) is 0 Å². The van der Waals surface area contributed by atoms with E-state index >= 15 is 0 Å². The summed E-state index contributed by atoms with van der Waals surface area (Å²) in [7, 11) is 0. The summed E-state index contributed by atoms with van der Waals surface area (Å²) >= 11 is 6.14. The Labute approximate surface area is 194 Å². The molecule has 0 atom stereocenters. The molecule has 1 aromatic carbocycles. The van der Waals surface area contributed by atoms with Gasteiger partial charge in [0.15, 0.2) is 5.82 Å². The summed E-state index contributed by atoms with van der Waals surface area (Å²) < 4.78 is 38.9. The maximum absolute atomic E-state index is 13.0. The lowest BCUT2D eigenvalue weighted by Crippen LogP contribution is -2.46. The molecule has 0 bridgehead atoms. The number of aromatic nitrogens is 3. The van der Waals surface area contributed by atoms with Gasteiger partial charge in [0.25, 0.3) is 0 Å². The van der Waals surface area contributed by atoms with E-state index in [0.717, 1.165) is 50.5 Å².